The van der Waals surface area contributed by atoms with Crippen LogP contribution in [0.3, 0.4) is 0 Å². The third kappa shape index (κ3) is 1.82. The topological polar surface area (TPSA) is 51.3 Å². The number of benzene rings is 1. The van der Waals surface area contributed by atoms with Gasteiger partial charge in [-0.3, -0.25) is 4.89 Å². The van der Waals surface area contributed by atoms with Gasteiger partial charge < -0.3 is 4.98 Å². The Hall–Kier alpha value is -1.88. The molecule has 5 heteroatoms. The zero-order valence-corrected chi connectivity index (χ0v) is 7.70. The molecule has 15 heavy (non-hydrogen) atoms. The van der Waals surface area contributed by atoms with E-state index < -0.39 is 12.8 Å². The highest BCUT2D eigenvalue weighted by Gasteiger charge is 2.13. The van der Waals surface area contributed by atoms with Crippen LogP contribution in [0.15, 0.2) is 30.5 Å². The van der Waals surface area contributed by atoms with Gasteiger partial charge in [0.25, 0.3) is 0 Å². The number of alkyl halides is 1. The molecule has 0 aliphatic rings. The van der Waals surface area contributed by atoms with Crippen LogP contribution in [0.4, 0.5) is 4.39 Å². The summed E-state index contributed by atoms with van der Waals surface area (Å²) in [6.07, 6.45) is 1.49. The van der Waals surface area contributed by atoms with Gasteiger partial charge in [-0.2, -0.15) is 4.89 Å². The first kappa shape index (κ1) is 9.67. The Bertz CT molecular complexity index is 480. The first-order valence-electron chi connectivity index (χ1n) is 4.29. The highest BCUT2D eigenvalue weighted by Crippen LogP contribution is 2.18. The van der Waals surface area contributed by atoms with Crippen molar-refractivity contribution in [1.29, 1.82) is 0 Å². The lowest BCUT2D eigenvalue weighted by atomic mass is 10.2. The molecule has 1 aromatic carbocycles. The van der Waals surface area contributed by atoms with E-state index in [9.17, 15) is 9.18 Å². The number of carbonyl (C=O) groups excluding carboxylic acids is 1. The van der Waals surface area contributed by atoms with Gasteiger partial charge >= 0.3 is 5.97 Å². The minimum Gasteiger partial charge on any atom is -0.360 e. The maximum Gasteiger partial charge on any atom is 0.375 e. The van der Waals surface area contributed by atoms with Gasteiger partial charge in [0.05, 0.1) is 5.56 Å². The van der Waals surface area contributed by atoms with Crippen LogP contribution >= 0.6 is 0 Å². The van der Waals surface area contributed by atoms with Gasteiger partial charge in [-0.05, 0) is 6.07 Å². The molecule has 0 spiro atoms. The number of hydrogen-bond donors (Lipinski definition) is 1. The molecule has 0 unspecified atom stereocenters. The Balaban J connectivity index is 2.31. The third-order valence-corrected chi connectivity index (χ3v) is 1.99. The van der Waals surface area contributed by atoms with E-state index >= 15 is 0 Å². The maximum absolute atomic E-state index is 11.6. The molecular weight excluding hydrogens is 201 g/mol. The van der Waals surface area contributed by atoms with Crippen LogP contribution < -0.4 is 0 Å². The Kier molecular flexibility index (Phi) is 2.64. The van der Waals surface area contributed by atoms with Crippen LogP contribution in [-0.4, -0.2) is 17.8 Å². The Morgan fingerprint density at radius 1 is 1.40 bits per heavy atom. The third-order valence-electron chi connectivity index (χ3n) is 1.99. The fourth-order valence-electron chi connectivity index (χ4n) is 1.36. The molecule has 2 rings (SSSR count). The molecule has 0 fully saturated rings. The maximum atomic E-state index is 11.6. The van der Waals surface area contributed by atoms with Crippen molar-refractivity contribution < 1.29 is 19.0 Å². The Morgan fingerprint density at radius 3 is 3.00 bits per heavy atom. The van der Waals surface area contributed by atoms with E-state index in [1.54, 1.807) is 12.1 Å². The van der Waals surface area contributed by atoms with Crippen LogP contribution in [0.5, 0.6) is 0 Å². The average Bonchev–Trinajstić information content (AvgIpc) is 2.69. The van der Waals surface area contributed by atoms with Gasteiger partial charge in [0.2, 0.25) is 6.86 Å². The molecule has 1 heterocycles. The number of aromatic nitrogens is 1. The smallest absolute Gasteiger partial charge is 0.360 e. The first-order chi connectivity index (χ1) is 7.33. The Labute approximate surface area is 84.5 Å². The van der Waals surface area contributed by atoms with Crippen molar-refractivity contribution in [1.82, 2.24) is 4.98 Å². The predicted octanol–water partition coefficient (Wildman–Crippen LogP) is 2.18. The van der Waals surface area contributed by atoms with E-state index in [0.717, 1.165) is 5.52 Å². The number of rotatable bonds is 3. The fourth-order valence-corrected chi connectivity index (χ4v) is 1.36. The summed E-state index contributed by atoms with van der Waals surface area (Å²) >= 11 is 0. The van der Waals surface area contributed by atoms with E-state index in [-0.39, 0.29) is 0 Å². The van der Waals surface area contributed by atoms with E-state index in [2.05, 4.69) is 14.8 Å². The van der Waals surface area contributed by atoms with Crippen molar-refractivity contribution in [2.75, 3.05) is 6.86 Å². The largest absolute Gasteiger partial charge is 0.375 e. The van der Waals surface area contributed by atoms with Crippen molar-refractivity contribution in [2.24, 2.45) is 0 Å². The van der Waals surface area contributed by atoms with Crippen LogP contribution in [0.1, 0.15) is 10.4 Å². The standard InChI is InChI=1S/C10H8FNO3/c11-6-14-15-10(13)8-5-12-9-4-2-1-3-7(8)9/h1-5,12H,6H2. The average molecular weight is 209 g/mol. The second-order valence-electron chi connectivity index (χ2n) is 2.85. The summed E-state index contributed by atoms with van der Waals surface area (Å²) in [5.41, 5.74) is 1.13. The summed E-state index contributed by atoms with van der Waals surface area (Å²) in [6, 6.07) is 7.22. The molecule has 1 N–H and O–H groups in total. The summed E-state index contributed by atoms with van der Waals surface area (Å²) in [5.74, 6) is -0.717. The van der Waals surface area contributed by atoms with Crippen LogP contribution in [0.2, 0.25) is 0 Å². The van der Waals surface area contributed by atoms with Gasteiger partial charge in [-0.25, -0.2) is 9.18 Å². The number of hydrogen-bond acceptors (Lipinski definition) is 3. The molecule has 0 aliphatic carbocycles. The molecule has 2 aromatic rings. The minimum atomic E-state index is -1.16. The van der Waals surface area contributed by atoms with Gasteiger partial charge in [-0.15, -0.1) is 0 Å². The summed E-state index contributed by atoms with van der Waals surface area (Å²) < 4.78 is 11.6. The van der Waals surface area contributed by atoms with Gasteiger partial charge in [0, 0.05) is 17.1 Å². The van der Waals surface area contributed by atoms with Gasteiger partial charge in [0.15, 0.2) is 0 Å². The first-order valence-corrected chi connectivity index (χ1v) is 4.29. The minimum absolute atomic E-state index is 0.319. The molecule has 0 aliphatic heterocycles. The van der Waals surface area contributed by atoms with Crippen molar-refractivity contribution in [2.45, 2.75) is 0 Å². The number of H-pyrrole nitrogens is 1. The van der Waals surface area contributed by atoms with Crippen molar-refractivity contribution in [3.8, 4) is 0 Å². The SMILES string of the molecule is O=C(OOCF)c1c[nH]c2ccccc12. The number of para-hydroxylation sites is 1. The number of fused-ring (bicyclic) bond motifs is 1. The molecule has 0 saturated heterocycles. The zero-order valence-electron chi connectivity index (χ0n) is 7.70. The zero-order chi connectivity index (χ0) is 10.7. The van der Waals surface area contributed by atoms with Crippen LogP contribution in [0, 0.1) is 0 Å². The number of carbonyl (C=O) groups is 1. The number of halogens is 1. The van der Waals surface area contributed by atoms with Crippen LogP contribution in [-0.2, 0) is 9.78 Å². The van der Waals surface area contributed by atoms with Gasteiger partial charge in [-0.1, -0.05) is 18.2 Å². The van der Waals surface area contributed by atoms with E-state index in [4.69, 9.17) is 0 Å². The van der Waals surface area contributed by atoms with E-state index in [1.165, 1.54) is 6.20 Å². The molecule has 78 valence electrons. The highest BCUT2D eigenvalue weighted by atomic mass is 19.1. The number of nitrogens with one attached hydrogen (secondary N) is 1. The molecule has 0 amide bonds. The Morgan fingerprint density at radius 2 is 2.20 bits per heavy atom. The highest BCUT2D eigenvalue weighted by molar-refractivity contribution is 6.03. The lowest BCUT2D eigenvalue weighted by Crippen LogP contribution is -2.04. The summed E-state index contributed by atoms with van der Waals surface area (Å²) in [7, 11) is 0. The van der Waals surface area contributed by atoms with Crippen molar-refractivity contribution >= 4 is 16.9 Å². The van der Waals surface area contributed by atoms with E-state index in [1.807, 2.05) is 12.1 Å². The lowest BCUT2D eigenvalue weighted by Gasteiger charge is -1.98. The summed E-state index contributed by atoms with van der Waals surface area (Å²) in [6.45, 7) is -1.16. The van der Waals surface area contributed by atoms with Crippen molar-refractivity contribution in [3.63, 3.8) is 0 Å². The quantitative estimate of drug-likeness (QED) is 0.622. The molecular formula is C10H8FNO3. The second kappa shape index (κ2) is 4.10. The monoisotopic (exact) mass is 209 g/mol. The van der Waals surface area contributed by atoms with E-state index in [0.29, 0.717) is 10.9 Å². The molecule has 1 aromatic heterocycles. The summed E-state index contributed by atoms with van der Waals surface area (Å²) in [4.78, 5) is 22.4. The van der Waals surface area contributed by atoms with Crippen molar-refractivity contribution in [3.05, 3.63) is 36.0 Å². The second-order valence-corrected chi connectivity index (χ2v) is 2.85. The molecule has 4 nitrogen and oxygen atoms in total. The molecule has 0 bridgehead atoms. The fraction of sp³-hybridized carbons (Fsp3) is 0.100. The lowest BCUT2D eigenvalue weighted by molar-refractivity contribution is -0.264. The van der Waals surface area contributed by atoms with Gasteiger partial charge in [0.1, 0.15) is 0 Å². The number of aromatic amines is 1. The normalized spacial score (nSPS) is 10.5. The summed E-state index contributed by atoms with van der Waals surface area (Å²) in [5, 5.41) is 0.713. The van der Waals surface area contributed by atoms with Crippen LogP contribution in [0.25, 0.3) is 10.9 Å². The molecule has 0 atom stereocenters. The molecule has 0 saturated carbocycles. The molecule has 0 radical (unpaired) electrons. The predicted molar refractivity (Wildman–Crippen MR) is 50.8 cm³/mol.